The molecule has 0 unspecified atom stereocenters. The Kier molecular flexibility index (Phi) is 23.5. The molecule has 1 aliphatic rings. The molecule has 6 atom stereocenters. The van der Waals surface area contributed by atoms with Gasteiger partial charge in [-0.05, 0) is 31.1 Å². The fraction of sp³-hybridized carbons (Fsp3) is 0.829. The first-order valence-corrected chi connectivity index (χ1v) is 19.3. The Balaban J connectivity index is 2.46. The van der Waals surface area contributed by atoms with Crippen molar-refractivity contribution in [1.82, 2.24) is 0 Å². The zero-order valence-corrected chi connectivity index (χ0v) is 29.8. The lowest BCUT2D eigenvalue weighted by Crippen LogP contribution is -2.29. The van der Waals surface area contributed by atoms with Gasteiger partial charge in [0.2, 0.25) is 0 Å². The molecule has 0 spiro atoms. The molecule has 5 N–H and O–H groups in total. The van der Waals surface area contributed by atoms with Gasteiger partial charge in [0.15, 0.2) is 6.10 Å². The van der Waals surface area contributed by atoms with Crippen LogP contribution in [-0.4, -0.2) is 74.7 Å². The molecule has 0 bridgehead atoms. The van der Waals surface area contributed by atoms with Crippen LogP contribution in [0, 0.1) is 17.8 Å². The third-order valence-corrected chi connectivity index (χ3v) is 8.99. The van der Waals surface area contributed by atoms with E-state index in [0.29, 0.717) is 19.3 Å². The van der Waals surface area contributed by atoms with Crippen LogP contribution in [0.4, 0.5) is 0 Å². The maximum Gasteiger partial charge on any atom is 0.469 e. The number of unbranched alkanes of at least 4 members (excludes halogenated alkanes) is 9. The second kappa shape index (κ2) is 25.4. The van der Waals surface area contributed by atoms with Crippen molar-refractivity contribution in [2.45, 2.75) is 154 Å². The minimum Gasteiger partial charge on any atom is -0.462 e. The molecule has 1 fully saturated rings. The van der Waals surface area contributed by atoms with Crippen molar-refractivity contribution >= 4 is 19.8 Å². The molecule has 1 aliphatic carbocycles. The van der Waals surface area contributed by atoms with Gasteiger partial charge in [-0.3, -0.25) is 14.1 Å². The van der Waals surface area contributed by atoms with Crippen LogP contribution in [0.25, 0.3) is 0 Å². The number of carbonyl (C=O) groups excluding carboxylic acids is 2. The molecule has 0 aromatic heterocycles. The predicted octanol–water partition coefficient (Wildman–Crippen LogP) is 6.30. The minimum atomic E-state index is -4.84. The summed E-state index contributed by atoms with van der Waals surface area (Å²) in [4.78, 5) is 42.9. The normalized spacial score (nSPS) is 21.6. The Bertz CT molecular complexity index is 948. The Hall–Kier alpha value is -1.59. The van der Waals surface area contributed by atoms with Crippen molar-refractivity contribution in [3.05, 3.63) is 24.3 Å². The summed E-state index contributed by atoms with van der Waals surface area (Å²) < 4.78 is 26.2. The number of ether oxygens (including phenoxy) is 2. The molecule has 274 valence electrons. The molecule has 47 heavy (non-hydrogen) atoms. The average molecular weight is 691 g/mol. The van der Waals surface area contributed by atoms with Crippen LogP contribution in [0.3, 0.4) is 0 Å². The van der Waals surface area contributed by atoms with Crippen LogP contribution in [0.2, 0.25) is 0 Å². The average Bonchev–Trinajstić information content (AvgIpc) is 3.27. The van der Waals surface area contributed by atoms with Crippen molar-refractivity contribution in [1.29, 1.82) is 0 Å². The lowest BCUT2D eigenvalue weighted by Gasteiger charge is -2.20. The third-order valence-electron chi connectivity index (χ3n) is 8.50. The fourth-order valence-corrected chi connectivity index (χ4v) is 6.13. The number of aliphatic hydroxyl groups is 3. The largest absolute Gasteiger partial charge is 0.469 e. The summed E-state index contributed by atoms with van der Waals surface area (Å²) in [7, 11) is -4.84. The number of hydrogen-bond donors (Lipinski definition) is 5. The first kappa shape index (κ1) is 43.4. The number of aliphatic hydroxyl groups excluding tert-OH is 3. The Morgan fingerprint density at radius 2 is 1.49 bits per heavy atom. The number of rotatable bonds is 27. The molecule has 0 aliphatic heterocycles. The predicted molar refractivity (Wildman–Crippen MR) is 181 cm³/mol. The maximum atomic E-state index is 12.5. The van der Waals surface area contributed by atoms with E-state index in [1.807, 2.05) is 0 Å². The zero-order chi connectivity index (χ0) is 35.1. The van der Waals surface area contributed by atoms with Gasteiger partial charge >= 0.3 is 19.8 Å². The molecular formula is C35H63O11P. The van der Waals surface area contributed by atoms with E-state index in [-0.39, 0.29) is 31.1 Å². The molecule has 0 saturated heterocycles. The minimum absolute atomic E-state index is 0.167. The first-order valence-electron chi connectivity index (χ1n) is 17.7. The molecule has 0 aromatic rings. The molecule has 1 rings (SSSR count). The SMILES string of the molecule is CCCCC[C@@H](O)/C=C/[C@@H]1[C@H](C/C=C\CC(=O)O[C@H](COC(=O)CCCCCCCCCCC(C)C)COP(=O)(O)O)[C@@H](O)C[C@H]1O. The van der Waals surface area contributed by atoms with Crippen LogP contribution >= 0.6 is 7.82 Å². The second-order valence-electron chi connectivity index (χ2n) is 13.3. The first-order chi connectivity index (χ1) is 22.3. The van der Waals surface area contributed by atoms with Crippen LogP contribution in [0.15, 0.2) is 24.3 Å². The molecule has 0 amide bonds. The zero-order valence-electron chi connectivity index (χ0n) is 28.9. The van der Waals surface area contributed by atoms with Gasteiger partial charge in [0.05, 0.1) is 31.3 Å². The maximum absolute atomic E-state index is 12.5. The summed E-state index contributed by atoms with van der Waals surface area (Å²) in [5, 5.41) is 31.1. The van der Waals surface area contributed by atoms with Gasteiger partial charge in [-0.2, -0.15) is 0 Å². The second-order valence-corrected chi connectivity index (χ2v) is 14.6. The Morgan fingerprint density at radius 3 is 2.13 bits per heavy atom. The highest BCUT2D eigenvalue weighted by molar-refractivity contribution is 7.46. The number of phosphoric ester groups is 1. The Labute approximate surface area is 282 Å². The quantitative estimate of drug-likeness (QED) is 0.0283. The van der Waals surface area contributed by atoms with Gasteiger partial charge < -0.3 is 34.6 Å². The smallest absolute Gasteiger partial charge is 0.462 e. The molecule has 0 heterocycles. The molecule has 0 radical (unpaired) electrons. The summed E-state index contributed by atoms with van der Waals surface area (Å²) in [6, 6.07) is 0. The van der Waals surface area contributed by atoms with Crippen LogP contribution in [0.1, 0.15) is 130 Å². The third kappa shape index (κ3) is 22.6. The number of allylic oxidation sites excluding steroid dienone is 1. The molecule has 0 aromatic carbocycles. The van der Waals surface area contributed by atoms with E-state index in [9.17, 15) is 29.5 Å². The van der Waals surface area contributed by atoms with Gasteiger partial charge in [0, 0.05) is 18.8 Å². The topological polar surface area (TPSA) is 180 Å². The monoisotopic (exact) mass is 690 g/mol. The lowest BCUT2D eigenvalue weighted by atomic mass is 9.89. The summed E-state index contributed by atoms with van der Waals surface area (Å²) in [6.07, 6.45) is 17.7. The van der Waals surface area contributed by atoms with Crippen molar-refractivity contribution in [2.75, 3.05) is 13.2 Å². The molecule has 1 saturated carbocycles. The Morgan fingerprint density at radius 1 is 0.851 bits per heavy atom. The van der Waals surface area contributed by atoms with E-state index in [1.54, 1.807) is 24.3 Å². The summed E-state index contributed by atoms with van der Waals surface area (Å²) >= 11 is 0. The standard InChI is InChI=1S/C35H63O11P/c1-4-5-12-18-28(36)22-23-31-30(32(37)24-33(31)38)19-15-16-21-35(40)46-29(26-45-47(41,42)43)25-44-34(39)20-14-11-9-7-6-8-10-13-17-27(2)3/h15-16,22-23,27-33,36-38H,4-14,17-21,24-26H2,1-3H3,(H2,41,42,43)/b16-15-,23-22+/t28-,29-,30+,31-,32+,33-/m1/s1. The highest BCUT2D eigenvalue weighted by Gasteiger charge is 2.39. The molecule has 12 heteroatoms. The van der Waals surface area contributed by atoms with Gasteiger partial charge in [-0.15, -0.1) is 0 Å². The fourth-order valence-electron chi connectivity index (χ4n) is 5.77. The highest BCUT2D eigenvalue weighted by atomic mass is 31.2. The van der Waals surface area contributed by atoms with Crippen LogP contribution < -0.4 is 0 Å². The molecular weight excluding hydrogens is 627 g/mol. The van der Waals surface area contributed by atoms with Crippen molar-refractivity contribution in [3.8, 4) is 0 Å². The summed E-state index contributed by atoms with van der Waals surface area (Å²) in [5.74, 6) is -1.07. The lowest BCUT2D eigenvalue weighted by molar-refractivity contribution is -0.160. The van der Waals surface area contributed by atoms with Gasteiger partial charge in [-0.1, -0.05) is 116 Å². The van der Waals surface area contributed by atoms with Crippen molar-refractivity contribution in [2.24, 2.45) is 17.8 Å². The number of phosphoric acid groups is 1. The number of hydrogen-bond acceptors (Lipinski definition) is 9. The van der Waals surface area contributed by atoms with E-state index in [1.165, 1.54) is 32.1 Å². The van der Waals surface area contributed by atoms with E-state index in [4.69, 9.17) is 19.3 Å². The number of carbonyl (C=O) groups is 2. The van der Waals surface area contributed by atoms with E-state index in [0.717, 1.165) is 44.4 Å². The van der Waals surface area contributed by atoms with Crippen molar-refractivity contribution < 1.29 is 53.3 Å². The van der Waals surface area contributed by atoms with Crippen molar-refractivity contribution in [3.63, 3.8) is 0 Å². The van der Waals surface area contributed by atoms with Gasteiger partial charge in [0.25, 0.3) is 0 Å². The van der Waals surface area contributed by atoms with Crippen LogP contribution in [0.5, 0.6) is 0 Å². The highest BCUT2D eigenvalue weighted by Crippen LogP contribution is 2.37. The van der Waals surface area contributed by atoms with E-state index in [2.05, 4.69) is 25.3 Å². The molecule has 11 nitrogen and oxygen atoms in total. The van der Waals surface area contributed by atoms with Gasteiger partial charge in [-0.25, -0.2) is 4.57 Å². The number of esters is 2. The van der Waals surface area contributed by atoms with E-state index < -0.39 is 57.4 Å². The summed E-state index contributed by atoms with van der Waals surface area (Å²) in [5.41, 5.74) is 0. The van der Waals surface area contributed by atoms with Gasteiger partial charge in [0.1, 0.15) is 6.61 Å². The van der Waals surface area contributed by atoms with E-state index >= 15 is 0 Å². The summed E-state index contributed by atoms with van der Waals surface area (Å²) in [6.45, 7) is 5.54. The van der Waals surface area contributed by atoms with Crippen LogP contribution in [-0.2, 0) is 28.2 Å².